The molecule has 2 rings (SSSR count). The maximum Gasteiger partial charge on any atom is 0.147 e. The Balaban J connectivity index is 2.19. The van der Waals surface area contributed by atoms with Crippen LogP contribution in [-0.2, 0) is 0 Å². The minimum Gasteiger partial charge on any atom is -0.733 e. The molecule has 1 aliphatic carbocycles. The second-order valence-corrected chi connectivity index (χ2v) is 3.57. The van der Waals surface area contributed by atoms with Crippen molar-refractivity contribution in [3.05, 3.63) is 41.4 Å². The van der Waals surface area contributed by atoms with Crippen LogP contribution in [0.1, 0.15) is 12.8 Å². The molecule has 0 aliphatic heterocycles. The van der Waals surface area contributed by atoms with Crippen LogP contribution in [0.5, 0.6) is 5.75 Å². The van der Waals surface area contributed by atoms with Crippen molar-refractivity contribution in [2.24, 2.45) is 0 Å². The number of hydrogen-bond acceptors (Lipinski definition) is 4. The summed E-state index contributed by atoms with van der Waals surface area (Å²) < 4.78 is 18.4. The van der Waals surface area contributed by atoms with Gasteiger partial charge in [0.1, 0.15) is 17.7 Å². The maximum atomic E-state index is 13.0. The highest BCUT2D eigenvalue weighted by Gasteiger charge is 2.15. The van der Waals surface area contributed by atoms with Crippen LogP contribution in [0.4, 0.5) is 10.1 Å². The van der Waals surface area contributed by atoms with E-state index in [4.69, 9.17) is 9.94 Å². The van der Waals surface area contributed by atoms with Crippen LogP contribution in [-0.4, -0.2) is 11.3 Å². The minimum absolute atomic E-state index is 0.0613. The molecule has 0 unspecified atom stereocenters. The fourth-order valence-electron chi connectivity index (χ4n) is 1.61. The molecule has 0 spiro atoms. The zero-order chi connectivity index (χ0) is 11.5. The quantitative estimate of drug-likeness (QED) is 0.633. The summed E-state index contributed by atoms with van der Waals surface area (Å²) >= 11 is 0. The highest BCUT2D eigenvalue weighted by Crippen LogP contribution is 2.30. The van der Waals surface area contributed by atoms with Gasteiger partial charge in [-0.1, -0.05) is 12.2 Å². The van der Waals surface area contributed by atoms with Gasteiger partial charge in [0.15, 0.2) is 0 Å². The number of ether oxygens (including phenoxy) is 1. The van der Waals surface area contributed by atoms with Gasteiger partial charge < -0.3 is 15.2 Å². The van der Waals surface area contributed by atoms with E-state index in [-0.39, 0.29) is 22.8 Å². The molecule has 0 heterocycles. The van der Waals surface area contributed by atoms with E-state index in [0.29, 0.717) is 0 Å². The first kappa shape index (κ1) is 10.9. The van der Waals surface area contributed by atoms with Gasteiger partial charge in [-0.2, -0.15) is 0 Å². The van der Waals surface area contributed by atoms with Gasteiger partial charge in [-0.15, -0.1) is 0 Å². The standard InChI is InChI=1S/C11H11FNO3/c12-8-5-6-10(13(14)15)11(7-8)16-9-3-1-2-4-9/h1-2,5-7,9,14H,3-4H2/q-1. The summed E-state index contributed by atoms with van der Waals surface area (Å²) in [6.07, 6.45) is 5.26. The zero-order valence-electron chi connectivity index (χ0n) is 8.47. The van der Waals surface area contributed by atoms with Crippen molar-refractivity contribution in [1.29, 1.82) is 0 Å². The van der Waals surface area contributed by atoms with Crippen molar-refractivity contribution in [1.82, 2.24) is 0 Å². The molecule has 0 fully saturated rings. The molecule has 1 aromatic rings. The molecule has 0 bridgehead atoms. The smallest absolute Gasteiger partial charge is 0.147 e. The second kappa shape index (κ2) is 4.51. The van der Waals surface area contributed by atoms with Gasteiger partial charge in [0.05, 0.1) is 5.69 Å². The predicted octanol–water partition coefficient (Wildman–Crippen LogP) is 2.62. The van der Waals surface area contributed by atoms with E-state index < -0.39 is 5.82 Å². The lowest BCUT2D eigenvalue weighted by atomic mass is 10.2. The Hall–Kier alpha value is -1.59. The lowest BCUT2D eigenvalue weighted by molar-refractivity contribution is 0.211. The molecule has 4 nitrogen and oxygen atoms in total. The van der Waals surface area contributed by atoms with Gasteiger partial charge in [-0.25, -0.2) is 4.39 Å². The predicted molar refractivity (Wildman–Crippen MR) is 56.8 cm³/mol. The lowest BCUT2D eigenvalue weighted by Crippen LogP contribution is -2.15. The molecule has 5 heteroatoms. The van der Waals surface area contributed by atoms with Gasteiger partial charge in [0.2, 0.25) is 0 Å². The highest BCUT2D eigenvalue weighted by atomic mass is 19.1. The van der Waals surface area contributed by atoms with Crippen LogP contribution >= 0.6 is 0 Å². The summed E-state index contributed by atoms with van der Waals surface area (Å²) in [5, 5.41) is 19.3. The molecule has 0 saturated carbocycles. The summed E-state index contributed by atoms with van der Waals surface area (Å²) in [5.41, 5.74) is -0.0895. The van der Waals surface area contributed by atoms with Crippen LogP contribution in [0.25, 0.3) is 0 Å². The molecule has 0 aromatic heterocycles. The molecule has 1 aromatic carbocycles. The Morgan fingerprint density at radius 2 is 2.06 bits per heavy atom. The molecular weight excluding hydrogens is 213 g/mol. The number of benzene rings is 1. The van der Waals surface area contributed by atoms with E-state index >= 15 is 0 Å². The fraction of sp³-hybridized carbons (Fsp3) is 0.273. The Kier molecular flexibility index (Phi) is 3.07. The van der Waals surface area contributed by atoms with E-state index in [0.717, 1.165) is 25.0 Å². The molecule has 0 radical (unpaired) electrons. The number of hydrogen-bond donors (Lipinski definition) is 1. The molecule has 1 aliphatic rings. The Morgan fingerprint density at radius 1 is 1.38 bits per heavy atom. The Morgan fingerprint density at radius 3 is 2.69 bits per heavy atom. The van der Waals surface area contributed by atoms with Crippen molar-refractivity contribution < 1.29 is 14.3 Å². The van der Waals surface area contributed by atoms with Gasteiger partial charge in [-0.05, 0) is 12.1 Å². The summed E-state index contributed by atoms with van der Waals surface area (Å²) in [4.78, 5) is 0. The van der Waals surface area contributed by atoms with Crippen LogP contribution in [0.3, 0.4) is 0 Å². The summed E-state index contributed by atoms with van der Waals surface area (Å²) in [6.45, 7) is 0. The van der Waals surface area contributed by atoms with Crippen LogP contribution in [0.15, 0.2) is 30.4 Å². The molecular formula is C11H11FNO3-. The van der Waals surface area contributed by atoms with Crippen molar-refractivity contribution in [2.75, 3.05) is 5.23 Å². The second-order valence-electron chi connectivity index (χ2n) is 3.57. The summed E-state index contributed by atoms with van der Waals surface area (Å²) in [5.74, 6) is -0.447. The molecule has 16 heavy (non-hydrogen) atoms. The molecule has 0 amide bonds. The van der Waals surface area contributed by atoms with Gasteiger partial charge in [0.25, 0.3) is 0 Å². The van der Waals surface area contributed by atoms with E-state index in [1.807, 2.05) is 12.2 Å². The number of nitrogens with zero attached hydrogens (tertiary/aromatic N) is 1. The van der Waals surface area contributed by atoms with E-state index in [1.54, 1.807) is 0 Å². The van der Waals surface area contributed by atoms with Gasteiger partial charge in [0, 0.05) is 18.9 Å². The number of halogens is 1. The van der Waals surface area contributed by atoms with E-state index in [9.17, 15) is 9.60 Å². The topological polar surface area (TPSA) is 55.8 Å². The first-order valence-corrected chi connectivity index (χ1v) is 4.94. The average Bonchev–Trinajstić information content (AvgIpc) is 2.70. The Labute approximate surface area is 92.1 Å². The summed E-state index contributed by atoms with van der Waals surface area (Å²) in [6, 6.07) is 3.37. The lowest BCUT2D eigenvalue weighted by Gasteiger charge is -2.25. The fourth-order valence-corrected chi connectivity index (χ4v) is 1.61. The third kappa shape index (κ3) is 2.32. The first-order chi connectivity index (χ1) is 7.66. The van der Waals surface area contributed by atoms with Gasteiger partial charge in [-0.3, -0.25) is 5.21 Å². The Bertz CT molecular complexity index is 398. The molecule has 86 valence electrons. The minimum atomic E-state index is -0.508. The first-order valence-electron chi connectivity index (χ1n) is 4.94. The van der Waals surface area contributed by atoms with Crippen molar-refractivity contribution in [2.45, 2.75) is 18.9 Å². The normalized spacial score (nSPS) is 15.4. The van der Waals surface area contributed by atoms with Crippen molar-refractivity contribution in [3.63, 3.8) is 0 Å². The molecule has 0 atom stereocenters. The monoisotopic (exact) mass is 224 g/mol. The zero-order valence-corrected chi connectivity index (χ0v) is 8.47. The number of anilines is 1. The molecule has 1 N–H and O–H groups in total. The molecule has 0 saturated heterocycles. The van der Waals surface area contributed by atoms with E-state index in [1.165, 1.54) is 6.07 Å². The van der Waals surface area contributed by atoms with Crippen LogP contribution in [0.2, 0.25) is 0 Å². The third-order valence-electron chi connectivity index (χ3n) is 2.39. The third-order valence-corrected chi connectivity index (χ3v) is 2.39. The van der Waals surface area contributed by atoms with Crippen LogP contribution < -0.4 is 9.96 Å². The maximum absolute atomic E-state index is 13.0. The van der Waals surface area contributed by atoms with Crippen LogP contribution in [0, 0.1) is 11.0 Å². The largest absolute Gasteiger partial charge is 0.733 e. The summed E-state index contributed by atoms with van der Waals surface area (Å²) in [7, 11) is 0. The number of rotatable bonds is 3. The van der Waals surface area contributed by atoms with Gasteiger partial charge >= 0.3 is 0 Å². The average molecular weight is 224 g/mol. The van der Waals surface area contributed by atoms with Crippen molar-refractivity contribution in [3.8, 4) is 5.75 Å². The van der Waals surface area contributed by atoms with Crippen molar-refractivity contribution >= 4 is 5.69 Å². The highest BCUT2D eigenvalue weighted by molar-refractivity contribution is 5.57. The SMILES string of the molecule is [O-]N(O)c1ccc(F)cc1OC1CC=CC1. The van der Waals surface area contributed by atoms with E-state index in [2.05, 4.69) is 0 Å².